The Morgan fingerprint density at radius 3 is 2.24 bits per heavy atom. The third kappa shape index (κ3) is 2.68. The number of hydrogen-bond donors (Lipinski definition) is 1. The largest absolute Gasteiger partial charge is 0.310 e. The minimum atomic E-state index is 0.543. The molecule has 116 valence electrons. The van der Waals surface area contributed by atoms with Crippen LogP contribution in [0.25, 0.3) is 0 Å². The van der Waals surface area contributed by atoms with Crippen molar-refractivity contribution in [2.24, 2.45) is 29.6 Å². The minimum absolute atomic E-state index is 0.543. The molecule has 4 aliphatic rings. The molecule has 1 heterocycles. The smallest absolute Gasteiger partial charge is 0.0758 e. The van der Waals surface area contributed by atoms with Crippen molar-refractivity contribution >= 4 is 43.2 Å². The van der Waals surface area contributed by atoms with Gasteiger partial charge in [0.25, 0.3) is 0 Å². The Kier molecular flexibility index (Phi) is 4.27. The third-order valence-corrected chi connectivity index (χ3v) is 8.51. The van der Waals surface area contributed by atoms with Crippen LogP contribution in [0.5, 0.6) is 0 Å². The average molecular weight is 433 g/mol. The first-order valence-corrected chi connectivity index (χ1v) is 10.7. The fourth-order valence-corrected chi connectivity index (χ4v) is 8.68. The van der Waals surface area contributed by atoms with Gasteiger partial charge in [0.05, 0.1) is 7.57 Å². The fourth-order valence-electron chi connectivity index (χ4n) is 5.75. The van der Waals surface area contributed by atoms with Crippen molar-refractivity contribution in [3.05, 3.63) is 19.2 Å². The minimum Gasteiger partial charge on any atom is -0.310 e. The maximum absolute atomic E-state index is 3.84. The molecule has 4 saturated carbocycles. The van der Waals surface area contributed by atoms with Gasteiger partial charge in [-0.3, -0.25) is 0 Å². The van der Waals surface area contributed by atoms with Crippen LogP contribution >= 0.6 is 43.2 Å². The van der Waals surface area contributed by atoms with E-state index in [1.165, 1.54) is 38.8 Å². The van der Waals surface area contributed by atoms with Crippen LogP contribution in [-0.2, 0) is 0 Å². The van der Waals surface area contributed by atoms with Gasteiger partial charge in [0.2, 0.25) is 0 Å². The van der Waals surface area contributed by atoms with Crippen molar-refractivity contribution in [3.63, 3.8) is 0 Å². The quantitative estimate of drug-likeness (QED) is 0.615. The molecule has 0 aromatic carbocycles. The Bertz CT molecular complexity index is 499. The van der Waals surface area contributed by atoms with Crippen molar-refractivity contribution in [3.8, 4) is 0 Å². The van der Waals surface area contributed by atoms with E-state index in [2.05, 4.69) is 50.2 Å². The van der Waals surface area contributed by atoms with Gasteiger partial charge in [-0.2, -0.15) is 0 Å². The lowest BCUT2D eigenvalue weighted by atomic mass is 9.50. The predicted molar refractivity (Wildman–Crippen MR) is 96.7 cm³/mol. The van der Waals surface area contributed by atoms with E-state index in [9.17, 15) is 0 Å². The summed E-state index contributed by atoms with van der Waals surface area (Å²) in [4.78, 5) is 0. The molecule has 1 atom stereocenters. The molecule has 1 aromatic rings. The van der Waals surface area contributed by atoms with Crippen LogP contribution in [0.3, 0.4) is 0 Å². The molecule has 0 saturated heterocycles. The first-order valence-electron chi connectivity index (χ1n) is 8.33. The summed E-state index contributed by atoms with van der Waals surface area (Å²) in [5, 5.41) is 3.84. The van der Waals surface area contributed by atoms with E-state index in [1.807, 2.05) is 11.3 Å². The van der Waals surface area contributed by atoms with Gasteiger partial charge in [-0.05, 0) is 112 Å². The Labute approximate surface area is 148 Å². The van der Waals surface area contributed by atoms with Crippen LogP contribution in [0, 0.1) is 29.6 Å². The number of thiophene rings is 1. The number of hydrogen-bond acceptors (Lipinski definition) is 2. The van der Waals surface area contributed by atoms with Crippen molar-refractivity contribution in [1.82, 2.24) is 5.32 Å². The molecular weight excluding hydrogens is 410 g/mol. The van der Waals surface area contributed by atoms with Crippen LogP contribution in [0.15, 0.2) is 13.6 Å². The molecule has 1 aromatic heterocycles. The molecule has 0 spiro atoms. The summed E-state index contributed by atoms with van der Waals surface area (Å²) >= 11 is 9.29. The molecule has 1 N–H and O–H groups in total. The van der Waals surface area contributed by atoms with Gasteiger partial charge in [0, 0.05) is 6.04 Å². The van der Waals surface area contributed by atoms with Crippen LogP contribution in [-0.4, -0.2) is 6.54 Å². The predicted octanol–water partition coefficient (Wildman–Crippen LogP) is 6.00. The van der Waals surface area contributed by atoms with Crippen LogP contribution < -0.4 is 5.32 Å². The maximum Gasteiger partial charge on any atom is 0.0758 e. The standard InChI is InChI=1S/C17H23Br2NS/c1-2-20-16(13-8-14(18)21-17(13)19)15-11-4-9-3-10(6-11)7-12(15)5-9/h8-12,15-16,20H,2-7H2,1H3. The lowest BCUT2D eigenvalue weighted by Crippen LogP contribution is -2.49. The van der Waals surface area contributed by atoms with E-state index in [0.29, 0.717) is 6.04 Å². The lowest BCUT2D eigenvalue weighted by molar-refractivity contribution is -0.0523. The van der Waals surface area contributed by atoms with Crippen LogP contribution in [0.4, 0.5) is 0 Å². The van der Waals surface area contributed by atoms with Crippen LogP contribution in [0.2, 0.25) is 0 Å². The average Bonchev–Trinajstić information content (AvgIpc) is 2.75. The van der Waals surface area contributed by atoms with Crippen molar-refractivity contribution in [2.45, 2.75) is 45.1 Å². The zero-order valence-corrected chi connectivity index (χ0v) is 16.4. The zero-order chi connectivity index (χ0) is 14.6. The van der Waals surface area contributed by atoms with Gasteiger partial charge in [0.15, 0.2) is 0 Å². The van der Waals surface area contributed by atoms with E-state index >= 15 is 0 Å². The highest BCUT2D eigenvalue weighted by molar-refractivity contribution is 9.12. The number of nitrogens with one attached hydrogen (secondary N) is 1. The second-order valence-electron chi connectivity index (χ2n) is 7.32. The van der Waals surface area contributed by atoms with E-state index in [-0.39, 0.29) is 0 Å². The molecule has 0 amide bonds. The topological polar surface area (TPSA) is 12.0 Å². The lowest BCUT2D eigenvalue weighted by Gasteiger charge is -2.56. The van der Waals surface area contributed by atoms with E-state index in [1.54, 1.807) is 6.42 Å². The molecule has 4 aliphatic carbocycles. The van der Waals surface area contributed by atoms with Gasteiger partial charge in [-0.25, -0.2) is 0 Å². The molecule has 4 fully saturated rings. The van der Waals surface area contributed by atoms with Crippen molar-refractivity contribution in [1.29, 1.82) is 0 Å². The Morgan fingerprint density at radius 2 is 1.76 bits per heavy atom. The molecule has 1 unspecified atom stereocenters. The van der Waals surface area contributed by atoms with Crippen molar-refractivity contribution < 1.29 is 0 Å². The Balaban J connectivity index is 1.66. The monoisotopic (exact) mass is 431 g/mol. The summed E-state index contributed by atoms with van der Waals surface area (Å²) in [6.45, 7) is 3.31. The summed E-state index contributed by atoms with van der Waals surface area (Å²) < 4.78 is 2.56. The first-order chi connectivity index (χ1) is 10.2. The van der Waals surface area contributed by atoms with Gasteiger partial charge >= 0.3 is 0 Å². The molecule has 4 bridgehead atoms. The summed E-state index contributed by atoms with van der Waals surface area (Å²) in [6.07, 6.45) is 7.55. The highest BCUT2D eigenvalue weighted by atomic mass is 79.9. The van der Waals surface area contributed by atoms with Crippen molar-refractivity contribution in [2.75, 3.05) is 6.54 Å². The van der Waals surface area contributed by atoms with E-state index < -0.39 is 0 Å². The number of rotatable bonds is 4. The van der Waals surface area contributed by atoms with Crippen LogP contribution in [0.1, 0.15) is 50.6 Å². The fraction of sp³-hybridized carbons (Fsp3) is 0.765. The summed E-state index contributed by atoms with van der Waals surface area (Å²) in [5.41, 5.74) is 1.49. The highest BCUT2D eigenvalue weighted by Crippen LogP contribution is 2.60. The molecule has 0 radical (unpaired) electrons. The summed E-state index contributed by atoms with van der Waals surface area (Å²) in [7, 11) is 0. The van der Waals surface area contributed by atoms with Gasteiger partial charge in [0.1, 0.15) is 0 Å². The van der Waals surface area contributed by atoms with Gasteiger partial charge < -0.3 is 5.32 Å². The zero-order valence-electron chi connectivity index (χ0n) is 12.4. The Hall–Kier alpha value is 0.620. The first kappa shape index (κ1) is 15.2. The molecular formula is C17H23Br2NS. The summed E-state index contributed by atoms with van der Waals surface area (Å²) in [6, 6.07) is 2.88. The second-order valence-corrected chi connectivity index (χ2v) is 11.1. The normalized spacial score (nSPS) is 38.9. The molecule has 1 nitrogen and oxygen atoms in total. The Morgan fingerprint density at radius 1 is 1.14 bits per heavy atom. The summed E-state index contributed by atoms with van der Waals surface area (Å²) in [5.74, 6) is 4.91. The van der Waals surface area contributed by atoms with E-state index in [0.717, 1.165) is 36.1 Å². The molecule has 4 heteroatoms. The van der Waals surface area contributed by atoms with E-state index in [4.69, 9.17) is 0 Å². The molecule has 21 heavy (non-hydrogen) atoms. The van der Waals surface area contributed by atoms with Gasteiger partial charge in [-0.15, -0.1) is 11.3 Å². The second kappa shape index (κ2) is 5.92. The third-order valence-electron chi connectivity index (χ3n) is 6.13. The van der Waals surface area contributed by atoms with Gasteiger partial charge in [-0.1, -0.05) is 6.92 Å². The molecule has 5 rings (SSSR count). The molecule has 0 aliphatic heterocycles. The SMILES string of the molecule is CCNC(c1cc(Br)sc1Br)C1C2CC3CC(C2)CC1C3. The number of halogens is 2. The highest BCUT2D eigenvalue weighted by Gasteiger charge is 2.50. The maximum atomic E-state index is 3.84.